The summed E-state index contributed by atoms with van der Waals surface area (Å²) in [6, 6.07) is 8.22. The van der Waals surface area contributed by atoms with Gasteiger partial charge in [-0.15, -0.1) is 5.10 Å². The van der Waals surface area contributed by atoms with Gasteiger partial charge in [-0.2, -0.15) is 0 Å². The van der Waals surface area contributed by atoms with E-state index in [1.165, 1.54) is 10.5 Å². The van der Waals surface area contributed by atoms with Crippen molar-refractivity contribution in [1.82, 2.24) is 24.8 Å². The predicted molar refractivity (Wildman–Crippen MR) is 99.1 cm³/mol. The summed E-state index contributed by atoms with van der Waals surface area (Å²) in [4.78, 5) is 16.0. The monoisotopic (exact) mass is 377 g/mol. The van der Waals surface area contributed by atoms with Crippen molar-refractivity contribution in [1.29, 1.82) is 0 Å². The Labute approximate surface area is 158 Å². The van der Waals surface area contributed by atoms with Gasteiger partial charge in [-0.3, -0.25) is 9.69 Å². The topological polar surface area (TPSA) is 74.5 Å². The van der Waals surface area contributed by atoms with E-state index in [0.717, 1.165) is 37.5 Å². The Morgan fingerprint density at radius 2 is 2.15 bits per heavy atom. The molecule has 2 heterocycles. The molecule has 1 saturated heterocycles. The van der Waals surface area contributed by atoms with Crippen molar-refractivity contribution in [3.05, 3.63) is 46.7 Å². The van der Waals surface area contributed by atoms with Crippen LogP contribution in [-0.2, 0) is 6.54 Å². The number of hydrogen-bond acceptors (Lipinski definition) is 5. The van der Waals surface area contributed by atoms with Crippen LogP contribution >= 0.6 is 11.6 Å². The molecule has 0 spiro atoms. The van der Waals surface area contributed by atoms with Gasteiger partial charge >= 0.3 is 0 Å². The third-order valence-corrected chi connectivity index (χ3v) is 4.97. The lowest BCUT2D eigenvalue weighted by Gasteiger charge is -2.31. The smallest absolute Gasteiger partial charge is 0.275 e. The number of aliphatic hydroxyl groups excluding tert-OH is 1. The molecule has 1 aromatic carbocycles. The average Bonchev–Trinajstić information content (AvgIpc) is 3.12. The van der Waals surface area contributed by atoms with E-state index in [1.807, 2.05) is 18.2 Å². The van der Waals surface area contributed by atoms with E-state index in [2.05, 4.69) is 21.3 Å². The summed E-state index contributed by atoms with van der Waals surface area (Å²) < 4.78 is 1.80. The fraction of sp³-hybridized carbons (Fsp3) is 0.500. The number of hydrogen-bond donors (Lipinski definition) is 1. The van der Waals surface area contributed by atoms with Crippen molar-refractivity contribution in [2.24, 2.45) is 0 Å². The molecule has 0 saturated carbocycles. The van der Waals surface area contributed by atoms with Crippen LogP contribution in [0.1, 0.15) is 34.9 Å². The number of aromatic nitrogens is 3. The largest absolute Gasteiger partial charge is 0.395 e. The molecule has 0 aliphatic carbocycles. The Morgan fingerprint density at radius 3 is 2.85 bits per heavy atom. The number of amides is 1. The molecule has 0 radical (unpaired) electrons. The number of carbonyl (C=O) groups excluding carboxylic acids is 1. The molecule has 26 heavy (non-hydrogen) atoms. The highest BCUT2D eigenvalue weighted by molar-refractivity contribution is 6.30. The van der Waals surface area contributed by atoms with Gasteiger partial charge in [0, 0.05) is 38.2 Å². The van der Waals surface area contributed by atoms with Crippen LogP contribution in [-0.4, -0.2) is 69.1 Å². The van der Waals surface area contributed by atoms with Crippen molar-refractivity contribution in [3.8, 4) is 0 Å². The number of likely N-dealkylation sites (N-methyl/N-ethyl adjacent to an activating group) is 1. The maximum atomic E-state index is 12.2. The van der Waals surface area contributed by atoms with Crippen LogP contribution in [0, 0.1) is 0 Å². The molecule has 2 aromatic rings. The number of aliphatic hydroxyl groups is 1. The standard InChI is InChI=1S/C18H24ClN5O2/c1-22(9-10-25)18(26)17-13-24(21-20-17)16-5-7-23(8-6-16)12-14-3-2-4-15(19)11-14/h2-4,11,13,16,25H,5-10,12H2,1H3. The maximum Gasteiger partial charge on any atom is 0.275 e. The lowest BCUT2D eigenvalue weighted by molar-refractivity contribution is 0.0761. The van der Waals surface area contributed by atoms with Crippen LogP contribution in [0.2, 0.25) is 5.02 Å². The average molecular weight is 378 g/mol. The second-order valence-corrected chi connectivity index (χ2v) is 7.11. The fourth-order valence-corrected chi connectivity index (χ4v) is 3.45. The molecule has 1 N–H and O–H groups in total. The van der Waals surface area contributed by atoms with Gasteiger partial charge in [0.2, 0.25) is 0 Å². The number of halogens is 1. The van der Waals surface area contributed by atoms with Crippen molar-refractivity contribution >= 4 is 17.5 Å². The molecule has 0 atom stereocenters. The van der Waals surface area contributed by atoms with Crippen molar-refractivity contribution in [3.63, 3.8) is 0 Å². The maximum absolute atomic E-state index is 12.2. The van der Waals surface area contributed by atoms with Gasteiger partial charge in [-0.1, -0.05) is 28.9 Å². The second-order valence-electron chi connectivity index (χ2n) is 6.67. The Kier molecular flexibility index (Phi) is 6.24. The first-order chi connectivity index (χ1) is 12.6. The van der Waals surface area contributed by atoms with Crippen LogP contribution in [0.15, 0.2) is 30.5 Å². The molecule has 3 rings (SSSR count). The number of rotatable bonds is 6. The molecular formula is C18H24ClN5O2. The summed E-state index contributed by atoms with van der Waals surface area (Å²) in [5.41, 5.74) is 1.54. The number of nitrogens with zero attached hydrogens (tertiary/aromatic N) is 5. The van der Waals surface area contributed by atoms with E-state index in [9.17, 15) is 4.79 Å². The molecule has 7 nitrogen and oxygen atoms in total. The lowest BCUT2D eigenvalue weighted by atomic mass is 10.0. The van der Waals surface area contributed by atoms with Crippen LogP contribution < -0.4 is 0 Å². The fourth-order valence-electron chi connectivity index (χ4n) is 3.24. The summed E-state index contributed by atoms with van der Waals surface area (Å²) in [5, 5.41) is 17.9. The van der Waals surface area contributed by atoms with E-state index in [-0.39, 0.29) is 25.1 Å². The third-order valence-electron chi connectivity index (χ3n) is 4.74. The Balaban J connectivity index is 1.54. The molecule has 8 heteroatoms. The normalized spacial score (nSPS) is 16.0. The zero-order valence-corrected chi connectivity index (χ0v) is 15.6. The Morgan fingerprint density at radius 1 is 1.38 bits per heavy atom. The first kappa shape index (κ1) is 18.8. The molecule has 1 aliphatic heterocycles. The first-order valence-electron chi connectivity index (χ1n) is 8.82. The highest BCUT2D eigenvalue weighted by Crippen LogP contribution is 2.23. The zero-order chi connectivity index (χ0) is 18.5. The summed E-state index contributed by atoms with van der Waals surface area (Å²) >= 11 is 6.05. The van der Waals surface area contributed by atoms with Crippen molar-refractivity contribution in [2.45, 2.75) is 25.4 Å². The molecular weight excluding hydrogens is 354 g/mol. The van der Waals surface area contributed by atoms with E-state index in [1.54, 1.807) is 17.9 Å². The van der Waals surface area contributed by atoms with Crippen LogP contribution in [0.5, 0.6) is 0 Å². The molecule has 0 unspecified atom stereocenters. The molecule has 1 amide bonds. The van der Waals surface area contributed by atoms with Gasteiger partial charge < -0.3 is 10.0 Å². The molecule has 0 bridgehead atoms. The minimum absolute atomic E-state index is 0.0680. The summed E-state index contributed by atoms with van der Waals surface area (Å²) in [6.07, 6.45) is 3.64. The van der Waals surface area contributed by atoms with Crippen molar-refractivity contribution < 1.29 is 9.90 Å². The van der Waals surface area contributed by atoms with Gasteiger partial charge in [-0.25, -0.2) is 4.68 Å². The molecule has 140 valence electrons. The minimum Gasteiger partial charge on any atom is -0.395 e. The van der Waals surface area contributed by atoms with Crippen molar-refractivity contribution in [2.75, 3.05) is 33.3 Å². The van der Waals surface area contributed by atoms with Gasteiger partial charge in [-0.05, 0) is 30.5 Å². The molecule has 1 aromatic heterocycles. The minimum atomic E-state index is -0.219. The number of carbonyl (C=O) groups is 1. The Hall–Kier alpha value is -1.96. The van der Waals surface area contributed by atoms with Crippen LogP contribution in [0.3, 0.4) is 0 Å². The highest BCUT2D eigenvalue weighted by Gasteiger charge is 2.23. The summed E-state index contributed by atoms with van der Waals surface area (Å²) in [6.45, 7) is 3.03. The molecule has 1 aliphatic rings. The van der Waals surface area contributed by atoms with E-state index in [0.29, 0.717) is 5.69 Å². The van der Waals surface area contributed by atoms with Gasteiger partial charge in [0.25, 0.3) is 5.91 Å². The SMILES string of the molecule is CN(CCO)C(=O)c1cn(C2CCN(Cc3cccc(Cl)c3)CC2)nn1. The highest BCUT2D eigenvalue weighted by atomic mass is 35.5. The van der Waals surface area contributed by atoms with Crippen LogP contribution in [0.25, 0.3) is 0 Å². The predicted octanol–water partition coefficient (Wildman–Crippen LogP) is 1.83. The summed E-state index contributed by atoms with van der Waals surface area (Å²) in [7, 11) is 1.64. The summed E-state index contributed by atoms with van der Waals surface area (Å²) in [5.74, 6) is -0.219. The number of benzene rings is 1. The van der Waals surface area contributed by atoms with E-state index < -0.39 is 0 Å². The second kappa shape index (κ2) is 8.62. The quantitative estimate of drug-likeness (QED) is 0.831. The third kappa shape index (κ3) is 4.60. The van der Waals surface area contributed by atoms with E-state index in [4.69, 9.17) is 16.7 Å². The van der Waals surface area contributed by atoms with Gasteiger partial charge in [0.15, 0.2) is 5.69 Å². The van der Waals surface area contributed by atoms with Gasteiger partial charge in [0.1, 0.15) is 0 Å². The first-order valence-corrected chi connectivity index (χ1v) is 9.19. The molecule has 1 fully saturated rings. The van der Waals surface area contributed by atoms with Crippen LogP contribution in [0.4, 0.5) is 0 Å². The Bertz CT molecular complexity index is 743. The number of piperidine rings is 1. The lowest BCUT2D eigenvalue weighted by Crippen LogP contribution is -2.34. The number of likely N-dealkylation sites (tertiary alicyclic amines) is 1. The van der Waals surface area contributed by atoms with Gasteiger partial charge in [0.05, 0.1) is 18.8 Å². The van der Waals surface area contributed by atoms with E-state index >= 15 is 0 Å². The zero-order valence-electron chi connectivity index (χ0n) is 14.9.